The van der Waals surface area contributed by atoms with E-state index in [1.54, 1.807) is 13.8 Å². The summed E-state index contributed by atoms with van der Waals surface area (Å²) in [7, 11) is 0. The molecular formula is C15H21NO3. The van der Waals surface area contributed by atoms with Crippen LogP contribution in [-0.4, -0.2) is 18.5 Å². The van der Waals surface area contributed by atoms with Gasteiger partial charge >= 0.3 is 5.97 Å². The number of esters is 1. The van der Waals surface area contributed by atoms with Crippen LogP contribution in [0.4, 0.5) is 0 Å². The number of hydrogen-bond donors (Lipinski definition) is 1. The van der Waals surface area contributed by atoms with E-state index in [1.807, 2.05) is 30.3 Å². The van der Waals surface area contributed by atoms with Crippen LogP contribution >= 0.6 is 0 Å². The van der Waals surface area contributed by atoms with Gasteiger partial charge in [-0.05, 0) is 25.3 Å². The second-order valence-corrected chi connectivity index (χ2v) is 4.57. The Morgan fingerprint density at radius 1 is 1.26 bits per heavy atom. The molecule has 104 valence electrons. The van der Waals surface area contributed by atoms with Gasteiger partial charge in [0.25, 0.3) is 0 Å². The van der Waals surface area contributed by atoms with Crippen LogP contribution < -0.4 is 5.73 Å². The lowest BCUT2D eigenvalue weighted by Gasteiger charge is -2.19. The summed E-state index contributed by atoms with van der Waals surface area (Å²) in [4.78, 5) is 23.2. The van der Waals surface area contributed by atoms with Gasteiger partial charge < -0.3 is 10.5 Å². The maximum absolute atomic E-state index is 11.9. The second-order valence-electron chi connectivity index (χ2n) is 4.57. The SMILES string of the molecule is CCOC(=O)C(CCc1ccccc1)C(C)C(N)=O. The van der Waals surface area contributed by atoms with Crippen molar-refractivity contribution in [2.24, 2.45) is 17.6 Å². The molecule has 0 saturated carbocycles. The van der Waals surface area contributed by atoms with E-state index in [-0.39, 0.29) is 5.97 Å². The summed E-state index contributed by atoms with van der Waals surface area (Å²) in [5.41, 5.74) is 6.43. The number of carbonyl (C=O) groups is 2. The smallest absolute Gasteiger partial charge is 0.309 e. The van der Waals surface area contributed by atoms with Crippen molar-refractivity contribution in [2.75, 3.05) is 6.61 Å². The molecule has 1 rings (SSSR count). The summed E-state index contributed by atoms with van der Waals surface area (Å²) in [6.45, 7) is 3.74. The van der Waals surface area contributed by atoms with Crippen molar-refractivity contribution in [3.63, 3.8) is 0 Å². The average Bonchev–Trinajstić information content (AvgIpc) is 2.40. The van der Waals surface area contributed by atoms with Crippen molar-refractivity contribution < 1.29 is 14.3 Å². The number of carbonyl (C=O) groups excluding carboxylic acids is 2. The summed E-state index contributed by atoms with van der Waals surface area (Å²) in [5, 5.41) is 0. The van der Waals surface area contributed by atoms with Crippen LogP contribution in [0.2, 0.25) is 0 Å². The zero-order valence-electron chi connectivity index (χ0n) is 11.5. The van der Waals surface area contributed by atoms with Crippen molar-refractivity contribution in [2.45, 2.75) is 26.7 Å². The van der Waals surface area contributed by atoms with E-state index in [4.69, 9.17) is 10.5 Å². The number of rotatable bonds is 7. The Labute approximate surface area is 113 Å². The molecule has 1 aromatic rings. The Hall–Kier alpha value is -1.84. The van der Waals surface area contributed by atoms with Crippen LogP contribution in [0.15, 0.2) is 30.3 Å². The number of nitrogens with two attached hydrogens (primary N) is 1. The van der Waals surface area contributed by atoms with E-state index >= 15 is 0 Å². The number of aryl methyl sites for hydroxylation is 1. The Morgan fingerprint density at radius 2 is 1.89 bits per heavy atom. The summed E-state index contributed by atoms with van der Waals surface area (Å²) in [6, 6.07) is 9.84. The third-order valence-electron chi connectivity index (χ3n) is 3.23. The van der Waals surface area contributed by atoms with Gasteiger partial charge in [0.1, 0.15) is 0 Å². The lowest BCUT2D eigenvalue weighted by molar-refractivity contribution is -0.152. The molecule has 0 bridgehead atoms. The highest BCUT2D eigenvalue weighted by Gasteiger charge is 2.29. The van der Waals surface area contributed by atoms with Crippen LogP contribution in [-0.2, 0) is 20.7 Å². The minimum atomic E-state index is -0.511. The number of benzene rings is 1. The van der Waals surface area contributed by atoms with E-state index < -0.39 is 17.7 Å². The van der Waals surface area contributed by atoms with Crippen molar-refractivity contribution >= 4 is 11.9 Å². The van der Waals surface area contributed by atoms with Gasteiger partial charge in [-0.1, -0.05) is 37.3 Å². The Kier molecular flexibility index (Phi) is 6.06. The molecule has 0 fully saturated rings. The van der Waals surface area contributed by atoms with Crippen molar-refractivity contribution in [1.29, 1.82) is 0 Å². The number of ether oxygens (including phenoxy) is 1. The fourth-order valence-corrected chi connectivity index (χ4v) is 1.99. The van der Waals surface area contributed by atoms with Gasteiger partial charge in [-0.2, -0.15) is 0 Å². The first-order chi connectivity index (χ1) is 9.06. The van der Waals surface area contributed by atoms with E-state index in [0.29, 0.717) is 13.0 Å². The molecule has 2 atom stereocenters. The third-order valence-corrected chi connectivity index (χ3v) is 3.23. The monoisotopic (exact) mass is 263 g/mol. The highest BCUT2D eigenvalue weighted by molar-refractivity contribution is 5.83. The van der Waals surface area contributed by atoms with E-state index in [9.17, 15) is 9.59 Å². The van der Waals surface area contributed by atoms with Crippen LogP contribution in [0.5, 0.6) is 0 Å². The Morgan fingerprint density at radius 3 is 2.42 bits per heavy atom. The molecule has 2 N–H and O–H groups in total. The molecular weight excluding hydrogens is 242 g/mol. The Bertz CT molecular complexity index is 417. The minimum Gasteiger partial charge on any atom is -0.466 e. The largest absolute Gasteiger partial charge is 0.466 e. The molecule has 4 nitrogen and oxygen atoms in total. The maximum atomic E-state index is 11.9. The summed E-state index contributed by atoms with van der Waals surface area (Å²) in [6.07, 6.45) is 1.29. The predicted octanol–water partition coefficient (Wildman–Crippen LogP) is 1.92. The molecule has 0 spiro atoms. The highest BCUT2D eigenvalue weighted by Crippen LogP contribution is 2.20. The van der Waals surface area contributed by atoms with Gasteiger partial charge in [-0.25, -0.2) is 0 Å². The van der Waals surface area contributed by atoms with Crippen LogP contribution in [0.3, 0.4) is 0 Å². The minimum absolute atomic E-state index is 0.312. The van der Waals surface area contributed by atoms with E-state index in [0.717, 1.165) is 12.0 Å². The number of primary amides is 1. The molecule has 1 aromatic carbocycles. The van der Waals surface area contributed by atoms with Crippen LogP contribution in [0.25, 0.3) is 0 Å². The Balaban J connectivity index is 2.69. The molecule has 0 aliphatic carbocycles. The summed E-state index contributed by atoms with van der Waals surface area (Å²) in [5.74, 6) is -1.80. The molecule has 0 saturated heterocycles. The summed E-state index contributed by atoms with van der Waals surface area (Å²) < 4.78 is 5.02. The first kappa shape index (κ1) is 15.2. The fourth-order valence-electron chi connectivity index (χ4n) is 1.99. The first-order valence-electron chi connectivity index (χ1n) is 6.56. The van der Waals surface area contributed by atoms with Crippen molar-refractivity contribution in [1.82, 2.24) is 0 Å². The van der Waals surface area contributed by atoms with Gasteiger partial charge in [-0.15, -0.1) is 0 Å². The number of hydrogen-bond acceptors (Lipinski definition) is 3. The van der Waals surface area contributed by atoms with Gasteiger partial charge in [0, 0.05) is 5.92 Å². The normalized spacial score (nSPS) is 13.6. The third kappa shape index (κ3) is 4.73. The number of amides is 1. The molecule has 19 heavy (non-hydrogen) atoms. The topological polar surface area (TPSA) is 69.4 Å². The maximum Gasteiger partial charge on any atom is 0.309 e. The zero-order chi connectivity index (χ0) is 14.3. The zero-order valence-corrected chi connectivity index (χ0v) is 11.5. The molecule has 0 aliphatic heterocycles. The van der Waals surface area contributed by atoms with Crippen molar-refractivity contribution in [3.8, 4) is 0 Å². The standard InChI is InChI=1S/C15H21NO3/c1-3-19-15(18)13(11(2)14(16)17)10-9-12-7-5-4-6-8-12/h4-8,11,13H,3,9-10H2,1-2H3,(H2,16,17). The fraction of sp³-hybridized carbons (Fsp3) is 0.467. The predicted molar refractivity (Wildman–Crippen MR) is 73.2 cm³/mol. The van der Waals surface area contributed by atoms with Gasteiger partial charge in [0.15, 0.2) is 0 Å². The first-order valence-corrected chi connectivity index (χ1v) is 6.56. The van der Waals surface area contributed by atoms with E-state index in [1.165, 1.54) is 0 Å². The van der Waals surface area contributed by atoms with E-state index in [2.05, 4.69) is 0 Å². The molecule has 0 aliphatic rings. The quantitative estimate of drug-likeness (QED) is 0.764. The summed E-state index contributed by atoms with van der Waals surface area (Å²) >= 11 is 0. The lowest BCUT2D eigenvalue weighted by Crippen LogP contribution is -2.33. The van der Waals surface area contributed by atoms with Crippen LogP contribution in [0.1, 0.15) is 25.8 Å². The molecule has 2 unspecified atom stereocenters. The highest BCUT2D eigenvalue weighted by atomic mass is 16.5. The average molecular weight is 263 g/mol. The molecule has 1 amide bonds. The molecule has 0 radical (unpaired) electrons. The lowest BCUT2D eigenvalue weighted by atomic mass is 9.88. The van der Waals surface area contributed by atoms with Crippen LogP contribution in [0, 0.1) is 11.8 Å². The molecule has 0 aromatic heterocycles. The van der Waals surface area contributed by atoms with Crippen molar-refractivity contribution in [3.05, 3.63) is 35.9 Å². The van der Waals surface area contributed by atoms with Gasteiger partial charge in [0.05, 0.1) is 12.5 Å². The van der Waals surface area contributed by atoms with Gasteiger partial charge in [-0.3, -0.25) is 9.59 Å². The van der Waals surface area contributed by atoms with Gasteiger partial charge in [0.2, 0.25) is 5.91 Å². The molecule has 4 heteroatoms. The second kappa shape index (κ2) is 7.56. The molecule has 0 heterocycles.